The van der Waals surface area contributed by atoms with E-state index >= 15 is 0 Å². The van der Waals surface area contributed by atoms with Crippen molar-refractivity contribution in [3.63, 3.8) is 0 Å². The second-order valence-corrected chi connectivity index (χ2v) is 3.25. The summed E-state index contributed by atoms with van der Waals surface area (Å²) in [5, 5.41) is 2.80. The Morgan fingerprint density at radius 1 is 1.15 bits per heavy atom. The van der Waals surface area contributed by atoms with Crippen LogP contribution in [0.2, 0.25) is 0 Å². The molecule has 0 aromatic rings. The molecule has 13 heavy (non-hydrogen) atoms. The zero-order chi connectivity index (χ0) is 9.23. The standard InChI is InChI=1S/C10H21NO.Na.H/c1-3-4-5-6-7-8-9-11-10(2)12;;/h3-9H2,1-2H3,(H,11,12);;/q;+1;-1. The van der Waals surface area contributed by atoms with Gasteiger partial charge >= 0.3 is 29.6 Å². The van der Waals surface area contributed by atoms with Crippen LogP contribution < -0.4 is 34.9 Å². The van der Waals surface area contributed by atoms with E-state index in [4.69, 9.17) is 0 Å². The molecule has 0 aliphatic heterocycles. The first-order chi connectivity index (χ1) is 5.77. The molecule has 0 bridgehead atoms. The minimum absolute atomic E-state index is 0. The summed E-state index contributed by atoms with van der Waals surface area (Å²) in [6.07, 6.45) is 7.68. The van der Waals surface area contributed by atoms with E-state index in [1.807, 2.05) is 0 Å². The molecule has 0 fully saturated rings. The molecule has 74 valence electrons. The predicted octanol–water partition coefficient (Wildman–Crippen LogP) is -0.400. The Morgan fingerprint density at radius 2 is 1.69 bits per heavy atom. The third-order valence-corrected chi connectivity index (χ3v) is 1.90. The van der Waals surface area contributed by atoms with Crippen LogP contribution in [0.25, 0.3) is 0 Å². The average Bonchev–Trinajstić information content (AvgIpc) is 2.02. The summed E-state index contributed by atoms with van der Waals surface area (Å²) in [5.74, 6) is 0.0866. The Labute approximate surface area is 106 Å². The van der Waals surface area contributed by atoms with Crippen LogP contribution in [0.5, 0.6) is 0 Å². The molecule has 0 saturated heterocycles. The van der Waals surface area contributed by atoms with Crippen molar-refractivity contribution in [3.05, 3.63) is 0 Å². The van der Waals surface area contributed by atoms with E-state index < -0.39 is 0 Å². The van der Waals surface area contributed by atoms with Crippen LogP contribution in [0.4, 0.5) is 0 Å². The minimum Gasteiger partial charge on any atom is -1.00 e. The first-order valence-electron chi connectivity index (χ1n) is 5.01. The van der Waals surface area contributed by atoms with Crippen molar-refractivity contribution in [3.8, 4) is 0 Å². The van der Waals surface area contributed by atoms with Crippen LogP contribution in [0.1, 0.15) is 53.8 Å². The fraction of sp³-hybridized carbons (Fsp3) is 0.900. The maximum absolute atomic E-state index is 10.5. The van der Waals surface area contributed by atoms with Gasteiger partial charge in [0.05, 0.1) is 0 Å². The molecular weight excluding hydrogens is 173 g/mol. The summed E-state index contributed by atoms with van der Waals surface area (Å²) < 4.78 is 0. The smallest absolute Gasteiger partial charge is 1.00 e. The topological polar surface area (TPSA) is 29.1 Å². The Kier molecular flexibility index (Phi) is 15.3. The van der Waals surface area contributed by atoms with Gasteiger partial charge in [-0.2, -0.15) is 0 Å². The number of nitrogens with one attached hydrogen (secondary N) is 1. The van der Waals surface area contributed by atoms with Gasteiger partial charge in [0.25, 0.3) is 0 Å². The van der Waals surface area contributed by atoms with E-state index in [9.17, 15) is 4.79 Å². The molecule has 0 spiro atoms. The quantitative estimate of drug-likeness (QED) is 0.435. The molecule has 0 radical (unpaired) electrons. The van der Waals surface area contributed by atoms with Crippen molar-refractivity contribution in [2.24, 2.45) is 0 Å². The molecule has 0 rings (SSSR count). The molecule has 0 unspecified atom stereocenters. The van der Waals surface area contributed by atoms with Crippen molar-refractivity contribution < 1.29 is 35.8 Å². The van der Waals surface area contributed by atoms with Crippen LogP contribution >= 0.6 is 0 Å². The normalized spacial score (nSPS) is 9.08. The van der Waals surface area contributed by atoms with E-state index in [2.05, 4.69) is 12.2 Å². The summed E-state index contributed by atoms with van der Waals surface area (Å²) in [7, 11) is 0. The molecule has 1 amide bonds. The van der Waals surface area contributed by atoms with Crippen LogP contribution in [-0.4, -0.2) is 12.5 Å². The first-order valence-corrected chi connectivity index (χ1v) is 5.01. The second-order valence-electron chi connectivity index (χ2n) is 3.25. The number of rotatable bonds is 7. The van der Waals surface area contributed by atoms with Crippen molar-refractivity contribution in [1.29, 1.82) is 0 Å². The maximum atomic E-state index is 10.5. The first kappa shape index (κ1) is 15.9. The minimum atomic E-state index is 0. The number of hydrogen-bond acceptors (Lipinski definition) is 1. The number of carbonyl (C=O) groups excluding carboxylic acids is 1. The molecule has 0 atom stereocenters. The zero-order valence-corrected chi connectivity index (χ0v) is 11.4. The zero-order valence-electron chi connectivity index (χ0n) is 10.4. The third-order valence-electron chi connectivity index (χ3n) is 1.90. The predicted molar refractivity (Wildman–Crippen MR) is 53.2 cm³/mol. The van der Waals surface area contributed by atoms with Gasteiger partial charge in [-0.15, -0.1) is 0 Å². The fourth-order valence-electron chi connectivity index (χ4n) is 1.17. The summed E-state index contributed by atoms with van der Waals surface area (Å²) in [5.41, 5.74) is 0. The van der Waals surface area contributed by atoms with Gasteiger partial charge in [-0.05, 0) is 6.42 Å². The van der Waals surface area contributed by atoms with E-state index in [1.54, 1.807) is 6.92 Å². The SMILES string of the molecule is CCCCCCCCNC(C)=O.[H-].[Na+]. The average molecular weight is 195 g/mol. The van der Waals surface area contributed by atoms with E-state index in [1.165, 1.54) is 32.1 Å². The molecular formula is C10H22NNaO. The third kappa shape index (κ3) is 15.2. The van der Waals surface area contributed by atoms with Crippen molar-refractivity contribution >= 4 is 5.91 Å². The molecule has 0 saturated carbocycles. The monoisotopic (exact) mass is 195 g/mol. The number of carbonyl (C=O) groups is 1. The number of amides is 1. The van der Waals surface area contributed by atoms with Gasteiger partial charge in [0, 0.05) is 13.5 Å². The van der Waals surface area contributed by atoms with E-state index in [0.29, 0.717) is 0 Å². The molecule has 2 nitrogen and oxygen atoms in total. The van der Waals surface area contributed by atoms with Crippen LogP contribution in [-0.2, 0) is 4.79 Å². The van der Waals surface area contributed by atoms with Gasteiger partial charge in [0.2, 0.25) is 5.91 Å². The number of hydrogen-bond donors (Lipinski definition) is 1. The Balaban J connectivity index is -0.000000605. The van der Waals surface area contributed by atoms with Gasteiger partial charge in [-0.25, -0.2) is 0 Å². The largest absolute Gasteiger partial charge is 1.00 e. The summed E-state index contributed by atoms with van der Waals surface area (Å²) >= 11 is 0. The van der Waals surface area contributed by atoms with Gasteiger partial charge in [-0.3, -0.25) is 4.79 Å². The van der Waals surface area contributed by atoms with E-state index in [-0.39, 0.29) is 36.9 Å². The van der Waals surface area contributed by atoms with Crippen molar-refractivity contribution in [1.82, 2.24) is 5.32 Å². The second kappa shape index (κ2) is 12.5. The van der Waals surface area contributed by atoms with E-state index in [0.717, 1.165) is 13.0 Å². The molecule has 0 aromatic heterocycles. The van der Waals surface area contributed by atoms with Gasteiger partial charge in [-0.1, -0.05) is 39.0 Å². The Bertz CT molecular complexity index is 123. The molecule has 0 aliphatic carbocycles. The Morgan fingerprint density at radius 3 is 2.23 bits per heavy atom. The molecule has 3 heteroatoms. The van der Waals surface area contributed by atoms with Gasteiger partial charge < -0.3 is 6.74 Å². The molecule has 0 aromatic carbocycles. The summed E-state index contributed by atoms with van der Waals surface area (Å²) in [6, 6.07) is 0. The van der Waals surface area contributed by atoms with Gasteiger partial charge in [0.1, 0.15) is 0 Å². The fourth-order valence-corrected chi connectivity index (χ4v) is 1.17. The van der Waals surface area contributed by atoms with Crippen molar-refractivity contribution in [2.45, 2.75) is 52.4 Å². The maximum Gasteiger partial charge on any atom is 1.00 e. The van der Waals surface area contributed by atoms with Crippen LogP contribution in [0.3, 0.4) is 0 Å². The molecule has 0 aliphatic rings. The van der Waals surface area contributed by atoms with Crippen LogP contribution in [0.15, 0.2) is 0 Å². The molecule has 1 N–H and O–H groups in total. The molecule has 0 heterocycles. The Hall–Kier alpha value is 0.470. The number of unbranched alkanes of at least 4 members (excludes halogenated alkanes) is 5. The van der Waals surface area contributed by atoms with Gasteiger partial charge in [0.15, 0.2) is 0 Å². The van der Waals surface area contributed by atoms with Crippen LogP contribution in [0, 0.1) is 0 Å². The summed E-state index contributed by atoms with van der Waals surface area (Å²) in [4.78, 5) is 10.5. The van der Waals surface area contributed by atoms with Crippen molar-refractivity contribution in [2.75, 3.05) is 6.54 Å². The summed E-state index contributed by atoms with van der Waals surface area (Å²) in [6.45, 7) is 4.63.